The number of rotatable bonds is 11. The van der Waals surface area contributed by atoms with Crippen LogP contribution >= 0.6 is 0 Å². The number of hydrogen-bond acceptors (Lipinski definition) is 4. The van der Waals surface area contributed by atoms with Gasteiger partial charge in [-0.25, -0.2) is 8.42 Å². The molecule has 1 unspecified atom stereocenters. The van der Waals surface area contributed by atoms with Crippen molar-refractivity contribution in [3.05, 3.63) is 65.2 Å². The summed E-state index contributed by atoms with van der Waals surface area (Å²) in [6.45, 7) is 7.71. The number of aryl methyl sites for hydroxylation is 1. The second kappa shape index (κ2) is 13.3. The summed E-state index contributed by atoms with van der Waals surface area (Å²) in [6.07, 6.45) is 6.80. The number of hydrogen-bond donors (Lipinski definition) is 1. The Morgan fingerprint density at radius 3 is 2.24 bits per heavy atom. The van der Waals surface area contributed by atoms with Gasteiger partial charge in [-0.3, -0.25) is 13.9 Å². The fourth-order valence-electron chi connectivity index (χ4n) is 5.23. The van der Waals surface area contributed by atoms with E-state index in [1.54, 1.807) is 17.0 Å². The lowest BCUT2D eigenvalue weighted by Gasteiger charge is -2.35. The van der Waals surface area contributed by atoms with Gasteiger partial charge in [-0.05, 0) is 54.9 Å². The molecular formula is C30H43N3O4S. The second-order valence-electron chi connectivity index (χ2n) is 10.7. The zero-order chi connectivity index (χ0) is 27.9. The first-order valence-corrected chi connectivity index (χ1v) is 15.6. The summed E-state index contributed by atoms with van der Waals surface area (Å²) in [5, 5.41) is 3.18. The van der Waals surface area contributed by atoms with Crippen molar-refractivity contribution in [3.63, 3.8) is 0 Å². The predicted molar refractivity (Wildman–Crippen MR) is 154 cm³/mol. The van der Waals surface area contributed by atoms with Crippen molar-refractivity contribution in [1.82, 2.24) is 10.2 Å². The Kier molecular flexibility index (Phi) is 10.4. The van der Waals surface area contributed by atoms with Crippen LogP contribution in [0.2, 0.25) is 0 Å². The van der Waals surface area contributed by atoms with Gasteiger partial charge in [0.25, 0.3) is 0 Å². The molecule has 0 bridgehead atoms. The first-order valence-electron chi connectivity index (χ1n) is 13.7. The quantitative estimate of drug-likeness (QED) is 0.427. The molecule has 0 saturated heterocycles. The van der Waals surface area contributed by atoms with Gasteiger partial charge in [0.2, 0.25) is 21.8 Å². The highest BCUT2D eigenvalue weighted by Crippen LogP contribution is 2.29. The lowest BCUT2D eigenvalue weighted by atomic mass is 9.95. The molecule has 2 aromatic carbocycles. The van der Waals surface area contributed by atoms with Crippen LogP contribution < -0.4 is 9.62 Å². The number of carbonyl (C=O) groups excluding carboxylic acids is 2. The average Bonchev–Trinajstić information content (AvgIpc) is 2.88. The van der Waals surface area contributed by atoms with Gasteiger partial charge in [0.15, 0.2) is 0 Å². The largest absolute Gasteiger partial charge is 0.352 e. The average molecular weight is 542 g/mol. The van der Waals surface area contributed by atoms with Crippen molar-refractivity contribution in [1.29, 1.82) is 0 Å². The monoisotopic (exact) mass is 541 g/mol. The Balaban J connectivity index is 1.97. The van der Waals surface area contributed by atoms with E-state index in [4.69, 9.17) is 0 Å². The topological polar surface area (TPSA) is 86.8 Å². The summed E-state index contributed by atoms with van der Waals surface area (Å²) in [4.78, 5) is 29.1. The Morgan fingerprint density at radius 2 is 1.63 bits per heavy atom. The standard InChI is InChI=1S/C30H43N3O4S/c1-6-27(30(35)31-25-16-8-7-9-17-25)32(20-24-15-11-10-14-23(24)4)29(34)21-33(38(5,36)37)28-19-13-12-18-26(28)22(2)3/h10-15,18-19,22,25,27H,6-9,16-17,20-21H2,1-5H3,(H,31,35). The van der Waals surface area contributed by atoms with Crippen LogP contribution in [0.15, 0.2) is 48.5 Å². The molecule has 3 rings (SSSR count). The Morgan fingerprint density at radius 1 is 1.00 bits per heavy atom. The molecule has 8 heteroatoms. The van der Waals surface area contributed by atoms with Crippen LogP contribution in [0.3, 0.4) is 0 Å². The molecule has 0 spiro atoms. The van der Waals surface area contributed by atoms with E-state index < -0.39 is 22.0 Å². The molecule has 208 valence electrons. The van der Waals surface area contributed by atoms with E-state index >= 15 is 0 Å². The number of amides is 2. The molecule has 7 nitrogen and oxygen atoms in total. The lowest BCUT2D eigenvalue weighted by molar-refractivity contribution is -0.140. The summed E-state index contributed by atoms with van der Waals surface area (Å²) in [7, 11) is -3.77. The molecule has 0 heterocycles. The van der Waals surface area contributed by atoms with E-state index in [1.165, 1.54) is 10.7 Å². The van der Waals surface area contributed by atoms with E-state index in [-0.39, 0.29) is 31.0 Å². The highest BCUT2D eigenvalue weighted by Gasteiger charge is 2.33. The number of para-hydroxylation sites is 1. The van der Waals surface area contributed by atoms with Crippen LogP contribution in [0.5, 0.6) is 0 Å². The van der Waals surface area contributed by atoms with Crippen molar-refractivity contribution >= 4 is 27.5 Å². The van der Waals surface area contributed by atoms with Crippen LogP contribution in [-0.4, -0.2) is 50.0 Å². The molecular weight excluding hydrogens is 498 g/mol. The molecule has 0 aromatic heterocycles. The molecule has 1 atom stereocenters. The van der Waals surface area contributed by atoms with E-state index in [0.29, 0.717) is 12.1 Å². The van der Waals surface area contributed by atoms with Crippen molar-refractivity contribution < 1.29 is 18.0 Å². The Bertz CT molecular complexity index is 1210. The van der Waals surface area contributed by atoms with Gasteiger partial charge in [-0.2, -0.15) is 0 Å². The Labute approximate surface area is 228 Å². The summed E-state index contributed by atoms with van der Waals surface area (Å²) in [6, 6.07) is 14.5. The molecule has 38 heavy (non-hydrogen) atoms. The molecule has 1 aliphatic carbocycles. The number of sulfonamides is 1. The minimum atomic E-state index is -3.77. The third-order valence-electron chi connectivity index (χ3n) is 7.45. The SMILES string of the molecule is CCC(C(=O)NC1CCCCC1)N(Cc1ccccc1C)C(=O)CN(c1ccccc1C(C)C)S(C)(=O)=O. The predicted octanol–water partition coefficient (Wildman–Crippen LogP) is 5.14. The van der Waals surface area contributed by atoms with E-state index in [2.05, 4.69) is 5.32 Å². The maximum absolute atomic E-state index is 14.0. The fourth-order valence-corrected chi connectivity index (χ4v) is 6.10. The Hall–Kier alpha value is -2.87. The minimum Gasteiger partial charge on any atom is -0.352 e. The zero-order valence-corrected chi connectivity index (χ0v) is 24.3. The van der Waals surface area contributed by atoms with Crippen molar-refractivity contribution in [2.45, 2.75) is 90.8 Å². The van der Waals surface area contributed by atoms with Crippen molar-refractivity contribution in [3.8, 4) is 0 Å². The van der Waals surface area contributed by atoms with Crippen molar-refractivity contribution in [2.24, 2.45) is 0 Å². The summed E-state index contributed by atoms with van der Waals surface area (Å²) < 4.78 is 27.2. The van der Waals surface area contributed by atoms with Gasteiger partial charge in [0, 0.05) is 12.6 Å². The molecule has 0 aliphatic heterocycles. The van der Waals surface area contributed by atoms with Gasteiger partial charge in [-0.15, -0.1) is 0 Å². The third kappa shape index (κ3) is 7.59. The second-order valence-corrected chi connectivity index (χ2v) is 12.6. The summed E-state index contributed by atoms with van der Waals surface area (Å²) in [5.74, 6) is -0.504. The summed E-state index contributed by atoms with van der Waals surface area (Å²) >= 11 is 0. The number of benzene rings is 2. The van der Waals surface area contributed by atoms with E-state index in [9.17, 15) is 18.0 Å². The lowest BCUT2D eigenvalue weighted by Crippen LogP contribution is -2.54. The maximum Gasteiger partial charge on any atom is 0.244 e. The molecule has 2 aromatic rings. The van der Waals surface area contributed by atoms with Gasteiger partial charge >= 0.3 is 0 Å². The molecule has 2 amide bonds. The van der Waals surface area contributed by atoms with Crippen LogP contribution in [0.25, 0.3) is 0 Å². The highest BCUT2D eigenvalue weighted by atomic mass is 32.2. The first kappa shape index (κ1) is 29.7. The zero-order valence-electron chi connectivity index (χ0n) is 23.4. The van der Waals surface area contributed by atoms with Crippen LogP contribution in [-0.2, 0) is 26.2 Å². The number of nitrogens with one attached hydrogen (secondary N) is 1. The van der Waals surface area contributed by atoms with E-state index in [0.717, 1.165) is 48.6 Å². The normalized spacial score (nSPS) is 15.2. The number of carbonyl (C=O) groups is 2. The molecule has 1 saturated carbocycles. The highest BCUT2D eigenvalue weighted by molar-refractivity contribution is 7.92. The molecule has 1 fully saturated rings. The van der Waals surface area contributed by atoms with Gasteiger partial charge < -0.3 is 10.2 Å². The van der Waals surface area contributed by atoms with E-state index in [1.807, 2.05) is 64.1 Å². The maximum atomic E-state index is 14.0. The smallest absolute Gasteiger partial charge is 0.244 e. The van der Waals surface area contributed by atoms with Gasteiger partial charge in [0.05, 0.1) is 11.9 Å². The van der Waals surface area contributed by atoms with Crippen molar-refractivity contribution in [2.75, 3.05) is 17.1 Å². The fraction of sp³-hybridized carbons (Fsp3) is 0.533. The number of nitrogens with zero attached hydrogens (tertiary/aromatic N) is 2. The third-order valence-corrected chi connectivity index (χ3v) is 8.57. The minimum absolute atomic E-state index is 0.0679. The van der Waals surface area contributed by atoms with Crippen LogP contribution in [0.4, 0.5) is 5.69 Å². The molecule has 0 radical (unpaired) electrons. The van der Waals surface area contributed by atoms with Crippen LogP contribution in [0.1, 0.15) is 81.9 Å². The van der Waals surface area contributed by atoms with Crippen LogP contribution in [0, 0.1) is 6.92 Å². The first-order chi connectivity index (χ1) is 18.0. The number of anilines is 1. The van der Waals surface area contributed by atoms with Gasteiger partial charge in [0.1, 0.15) is 12.6 Å². The van der Waals surface area contributed by atoms with Gasteiger partial charge in [-0.1, -0.05) is 82.5 Å². The molecule has 1 N–H and O–H groups in total. The molecule has 1 aliphatic rings. The summed E-state index contributed by atoms with van der Waals surface area (Å²) in [5.41, 5.74) is 3.28.